The Hall–Kier alpha value is -2.35. The number of aliphatic carboxylic acids is 1. The number of aryl methyl sites for hydroxylation is 1. The van der Waals surface area contributed by atoms with Crippen LogP contribution in [0.1, 0.15) is 17.0 Å². The number of fused-ring (bicyclic) bond motifs is 1. The Morgan fingerprint density at radius 3 is 3.06 bits per heavy atom. The summed E-state index contributed by atoms with van der Waals surface area (Å²) in [6, 6.07) is 5.81. The molecular weight excluding hydrogens is 218 g/mol. The van der Waals surface area contributed by atoms with Crippen LogP contribution < -0.4 is 0 Å². The molecule has 0 atom stereocenters. The predicted molar refractivity (Wildman–Crippen MR) is 60.6 cm³/mol. The van der Waals surface area contributed by atoms with Crippen LogP contribution in [0, 0.1) is 18.3 Å². The van der Waals surface area contributed by atoms with E-state index < -0.39 is 5.97 Å². The molecule has 86 valence electrons. The average Bonchev–Trinajstić information content (AvgIpc) is 2.55. The molecule has 0 aliphatic heterocycles. The van der Waals surface area contributed by atoms with Crippen molar-refractivity contribution in [1.29, 1.82) is 5.26 Å². The lowest BCUT2D eigenvalue weighted by molar-refractivity contribution is -0.136. The summed E-state index contributed by atoms with van der Waals surface area (Å²) in [6.07, 6.45) is 1.82. The highest BCUT2D eigenvalue weighted by Gasteiger charge is 2.14. The van der Waals surface area contributed by atoms with Crippen LogP contribution in [0.5, 0.6) is 0 Å². The van der Waals surface area contributed by atoms with Crippen molar-refractivity contribution in [2.45, 2.75) is 19.8 Å². The molecule has 2 rings (SSSR count). The molecule has 0 amide bonds. The molecule has 0 bridgehead atoms. The lowest BCUT2D eigenvalue weighted by atomic mass is 10.2. The maximum absolute atomic E-state index is 10.7. The molecule has 0 unspecified atom stereocenters. The van der Waals surface area contributed by atoms with Crippen molar-refractivity contribution in [3.8, 4) is 6.07 Å². The quantitative estimate of drug-likeness (QED) is 0.861. The largest absolute Gasteiger partial charge is 0.481 e. The number of imidazole rings is 1. The Morgan fingerprint density at radius 1 is 1.65 bits per heavy atom. The van der Waals surface area contributed by atoms with Crippen LogP contribution in [0.2, 0.25) is 0 Å². The van der Waals surface area contributed by atoms with Crippen molar-refractivity contribution in [3.63, 3.8) is 0 Å². The molecule has 0 saturated carbocycles. The van der Waals surface area contributed by atoms with Crippen molar-refractivity contribution in [3.05, 3.63) is 35.3 Å². The SMILES string of the molecule is Cc1ccn2c(CC#N)c(CC(=O)O)nc2c1. The Kier molecular flexibility index (Phi) is 2.79. The zero-order valence-corrected chi connectivity index (χ0v) is 9.34. The van der Waals surface area contributed by atoms with Gasteiger partial charge in [0.05, 0.1) is 30.3 Å². The topological polar surface area (TPSA) is 78.4 Å². The van der Waals surface area contributed by atoms with Gasteiger partial charge >= 0.3 is 5.97 Å². The smallest absolute Gasteiger partial charge is 0.309 e. The first-order valence-corrected chi connectivity index (χ1v) is 5.17. The summed E-state index contributed by atoms with van der Waals surface area (Å²) in [5, 5.41) is 17.6. The number of hydrogen-bond donors (Lipinski definition) is 1. The molecule has 2 aromatic rings. The van der Waals surface area contributed by atoms with E-state index in [0.717, 1.165) is 5.56 Å². The number of aromatic nitrogens is 2. The first-order valence-electron chi connectivity index (χ1n) is 5.17. The molecule has 1 N–H and O–H groups in total. The zero-order chi connectivity index (χ0) is 12.4. The van der Waals surface area contributed by atoms with Crippen LogP contribution in [0.15, 0.2) is 18.3 Å². The van der Waals surface area contributed by atoms with Crippen LogP contribution in [0.4, 0.5) is 0 Å². The molecule has 2 heterocycles. The Morgan fingerprint density at radius 2 is 2.41 bits per heavy atom. The van der Waals surface area contributed by atoms with Crippen molar-refractivity contribution in [2.75, 3.05) is 0 Å². The minimum absolute atomic E-state index is 0.155. The van der Waals surface area contributed by atoms with Crippen molar-refractivity contribution in [2.24, 2.45) is 0 Å². The fourth-order valence-corrected chi connectivity index (χ4v) is 1.79. The monoisotopic (exact) mass is 229 g/mol. The van der Waals surface area contributed by atoms with E-state index in [1.807, 2.05) is 31.3 Å². The number of carboxylic acids is 1. The molecular formula is C12H11N3O2. The van der Waals surface area contributed by atoms with Gasteiger partial charge in [-0.1, -0.05) is 0 Å². The molecule has 0 aliphatic carbocycles. The molecule has 0 spiro atoms. The first-order chi connectivity index (χ1) is 8.11. The molecule has 0 saturated heterocycles. The third kappa shape index (κ3) is 2.11. The maximum atomic E-state index is 10.7. The summed E-state index contributed by atoms with van der Waals surface area (Å²) in [5.74, 6) is -0.940. The normalized spacial score (nSPS) is 10.4. The number of hydrogen-bond acceptors (Lipinski definition) is 3. The van der Waals surface area contributed by atoms with E-state index in [4.69, 9.17) is 10.4 Å². The van der Waals surface area contributed by atoms with Gasteiger partial charge in [0.25, 0.3) is 0 Å². The van der Waals surface area contributed by atoms with Gasteiger partial charge in [-0.3, -0.25) is 4.79 Å². The number of nitrogens with zero attached hydrogens (tertiary/aromatic N) is 3. The summed E-state index contributed by atoms with van der Waals surface area (Å²) in [5.41, 5.74) is 2.86. The third-order valence-corrected chi connectivity index (χ3v) is 2.53. The second kappa shape index (κ2) is 4.26. The van der Waals surface area contributed by atoms with Gasteiger partial charge in [-0.15, -0.1) is 0 Å². The van der Waals surface area contributed by atoms with Gasteiger partial charge in [0.2, 0.25) is 0 Å². The summed E-state index contributed by atoms with van der Waals surface area (Å²) in [4.78, 5) is 15.0. The van der Waals surface area contributed by atoms with Crippen LogP contribution in [-0.4, -0.2) is 20.5 Å². The summed E-state index contributed by atoms with van der Waals surface area (Å²) in [7, 11) is 0. The molecule has 5 nitrogen and oxygen atoms in total. The number of rotatable bonds is 3. The molecule has 2 aromatic heterocycles. The molecule has 0 fully saturated rings. The second-order valence-electron chi connectivity index (χ2n) is 3.84. The fourth-order valence-electron chi connectivity index (χ4n) is 1.79. The molecule has 0 radical (unpaired) electrons. The Labute approximate surface area is 97.9 Å². The second-order valence-corrected chi connectivity index (χ2v) is 3.84. The van der Waals surface area contributed by atoms with Crippen LogP contribution in [0.25, 0.3) is 5.65 Å². The van der Waals surface area contributed by atoms with Gasteiger partial charge in [0.15, 0.2) is 0 Å². The Balaban J connectivity index is 2.61. The van der Waals surface area contributed by atoms with Crippen LogP contribution in [-0.2, 0) is 17.6 Å². The highest BCUT2D eigenvalue weighted by Crippen LogP contribution is 2.15. The van der Waals surface area contributed by atoms with Gasteiger partial charge in [-0.05, 0) is 24.6 Å². The zero-order valence-electron chi connectivity index (χ0n) is 9.34. The molecule has 17 heavy (non-hydrogen) atoms. The lowest BCUT2D eigenvalue weighted by Gasteiger charge is -1.99. The number of nitriles is 1. The van der Waals surface area contributed by atoms with E-state index in [1.54, 1.807) is 4.40 Å². The van der Waals surface area contributed by atoms with E-state index in [2.05, 4.69) is 4.98 Å². The van der Waals surface area contributed by atoms with E-state index >= 15 is 0 Å². The number of pyridine rings is 1. The average molecular weight is 229 g/mol. The molecule has 5 heteroatoms. The summed E-state index contributed by atoms with van der Waals surface area (Å²) in [6.45, 7) is 1.94. The van der Waals surface area contributed by atoms with Gasteiger partial charge in [0.1, 0.15) is 5.65 Å². The van der Waals surface area contributed by atoms with Gasteiger partial charge in [-0.2, -0.15) is 5.26 Å². The first kappa shape index (κ1) is 11.1. The van der Waals surface area contributed by atoms with E-state index in [-0.39, 0.29) is 12.8 Å². The standard InChI is InChI=1S/C12H11N3O2/c1-8-3-5-15-10(2-4-13)9(7-12(16)17)14-11(15)6-8/h3,5-6H,2,7H2,1H3,(H,16,17). The van der Waals surface area contributed by atoms with Crippen molar-refractivity contribution in [1.82, 2.24) is 9.38 Å². The Bertz CT molecular complexity index is 622. The van der Waals surface area contributed by atoms with Gasteiger partial charge in [0, 0.05) is 6.20 Å². The summed E-state index contributed by atoms with van der Waals surface area (Å²) >= 11 is 0. The predicted octanol–water partition coefficient (Wildman–Crippen LogP) is 1.34. The van der Waals surface area contributed by atoms with Crippen molar-refractivity contribution >= 4 is 11.6 Å². The number of carboxylic acid groups (broad SMARTS) is 1. The van der Waals surface area contributed by atoms with Crippen LogP contribution in [0.3, 0.4) is 0 Å². The maximum Gasteiger partial charge on any atom is 0.309 e. The highest BCUT2D eigenvalue weighted by molar-refractivity contribution is 5.70. The highest BCUT2D eigenvalue weighted by atomic mass is 16.4. The molecule has 0 aromatic carbocycles. The van der Waals surface area contributed by atoms with Gasteiger partial charge < -0.3 is 9.51 Å². The van der Waals surface area contributed by atoms with Crippen LogP contribution >= 0.6 is 0 Å². The third-order valence-electron chi connectivity index (χ3n) is 2.53. The minimum atomic E-state index is -0.940. The lowest BCUT2D eigenvalue weighted by Crippen LogP contribution is -2.04. The molecule has 0 aliphatic rings. The number of carbonyl (C=O) groups is 1. The van der Waals surface area contributed by atoms with E-state index in [9.17, 15) is 4.79 Å². The summed E-state index contributed by atoms with van der Waals surface area (Å²) < 4.78 is 1.77. The minimum Gasteiger partial charge on any atom is -0.481 e. The fraction of sp³-hybridized carbons (Fsp3) is 0.250. The van der Waals surface area contributed by atoms with E-state index in [1.165, 1.54) is 0 Å². The van der Waals surface area contributed by atoms with E-state index in [0.29, 0.717) is 17.0 Å². The van der Waals surface area contributed by atoms with Gasteiger partial charge in [-0.25, -0.2) is 4.98 Å². The van der Waals surface area contributed by atoms with Crippen molar-refractivity contribution < 1.29 is 9.90 Å².